The van der Waals surface area contributed by atoms with E-state index in [4.69, 9.17) is 5.73 Å². The third-order valence-electron chi connectivity index (χ3n) is 5.03. The Morgan fingerprint density at radius 1 is 1.31 bits per heavy atom. The number of urea groups is 1. The van der Waals surface area contributed by atoms with Gasteiger partial charge in [0.1, 0.15) is 11.4 Å². The Kier molecular flexibility index (Phi) is 4.99. The Balaban J connectivity index is 1.83. The zero-order valence-corrected chi connectivity index (χ0v) is 15.3. The van der Waals surface area contributed by atoms with E-state index in [1.807, 2.05) is 18.7 Å². The van der Waals surface area contributed by atoms with Crippen molar-refractivity contribution < 1.29 is 14.7 Å². The summed E-state index contributed by atoms with van der Waals surface area (Å²) >= 11 is 0. The number of aliphatic hydroxyl groups is 1. The summed E-state index contributed by atoms with van der Waals surface area (Å²) in [5.41, 5.74) is 4.89. The number of carbonyl (C=O) groups excluding carboxylic acids is 2. The number of aromatic nitrogens is 2. The molecule has 0 bridgehead atoms. The minimum Gasteiger partial charge on any atom is -0.395 e. The van der Waals surface area contributed by atoms with Gasteiger partial charge < -0.3 is 20.6 Å². The van der Waals surface area contributed by atoms with Crippen LogP contribution < -0.4 is 10.6 Å². The number of rotatable bonds is 5. The zero-order valence-electron chi connectivity index (χ0n) is 15.3. The molecular formula is C17H26N6O3. The number of piperidine rings is 1. The highest BCUT2D eigenvalue weighted by molar-refractivity contribution is 6.07. The molecule has 2 saturated heterocycles. The van der Waals surface area contributed by atoms with E-state index in [2.05, 4.69) is 9.97 Å². The summed E-state index contributed by atoms with van der Waals surface area (Å²) in [6, 6.07) is 1.33. The van der Waals surface area contributed by atoms with E-state index < -0.39 is 5.54 Å². The lowest BCUT2D eigenvalue weighted by molar-refractivity contribution is -0.134. The third kappa shape index (κ3) is 3.07. The Morgan fingerprint density at radius 2 is 2.00 bits per heavy atom. The first-order valence-corrected chi connectivity index (χ1v) is 8.97. The lowest BCUT2D eigenvalue weighted by Crippen LogP contribution is -2.57. The Hall–Kier alpha value is -2.42. The molecule has 1 spiro atoms. The Bertz CT molecular complexity index is 687. The van der Waals surface area contributed by atoms with E-state index >= 15 is 0 Å². The van der Waals surface area contributed by atoms with Crippen LogP contribution in [0.3, 0.4) is 0 Å². The molecule has 3 N–H and O–H groups in total. The first-order valence-electron chi connectivity index (χ1n) is 8.97. The van der Waals surface area contributed by atoms with Crippen molar-refractivity contribution in [3.8, 4) is 0 Å². The van der Waals surface area contributed by atoms with Crippen LogP contribution in [-0.4, -0.2) is 75.1 Å². The molecule has 3 rings (SSSR count). The van der Waals surface area contributed by atoms with Crippen LogP contribution in [-0.2, 0) is 4.79 Å². The number of nitrogens with zero attached hydrogens (tertiary/aromatic N) is 5. The fraction of sp³-hybridized carbons (Fsp3) is 0.647. The van der Waals surface area contributed by atoms with Crippen LogP contribution in [0, 0.1) is 5.92 Å². The van der Waals surface area contributed by atoms with Gasteiger partial charge in [-0.1, -0.05) is 13.8 Å². The molecule has 3 heterocycles. The second kappa shape index (κ2) is 7.06. The average molecular weight is 362 g/mol. The standard InChI is InChI=1S/C17H26N6O3/c1-12(2)11-23-16(26)22(9-10-24)14(25)17(23)4-7-21(8-5-17)15-19-6-3-13(18)20-15/h3,6,12,24H,4-5,7-11H2,1-2H3,(H2,18,19,20). The number of aliphatic hydroxyl groups excluding tert-OH is 1. The van der Waals surface area contributed by atoms with Gasteiger partial charge in [-0.15, -0.1) is 0 Å². The second-order valence-corrected chi connectivity index (χ2v) is 7.27. The maximum absolute atomic E-state index is 13.1. The van der Waals surface area contributed by atoms with Crippen molar-refractivity contribution in [2.75, 3.05) is 43.4 Å². The van der Waals surface area contributed by atoms with Gasteiger partial charge in [-0.2, -0.15) is 4.98 Å². The fourth-order valence-electron chi connectivity index (χ4n) is 3.77. The number of nitrogen functional groups attached to an aromatic ring is 1. The van der Waals surface area contributed by atoms with Crippen LogP contribution >= 0.6 is 0 Å². The highest BCUT2D eigenvalue weighted by Gasteiger charge is 2.57. The van der Waals surface area contributed by atoms with Crippen LogP contribution in [0.5, 0.6) is 0 Å². The topological polar surface area (TPSA) is 116 Å². The highest BCUT2D eigenvalue weighted by Crippen LogP contribution is 2.38. The molecule has 9 heteroatoms. The molecular weight excluding hydrogens is 336 g/mol. The summed E-state index contributed by atoms with van der Waals surface area (Å²) in [4.78, 5) is 39.2. The highest BCUT2D eigenvalue weighted by atomic mass is 16.3. The van der Waals surface area contributed by atoms with Gasteiger partial charge in [0, 0.05) is 25.8 Å². The number of nitrogens with two attached hydrogens (primary N) is 1. The summed E-state index contributed by atoms with van der Waals surface area (Å²) in [5.74, 6) is 0.982. The summed E-state index contributed by atoms with van der Waals surface area (Å²) < 4.78 is 0. The van der Waals surface area contributed by atoms with Crippen molar-refractivity contribution in [2.45, 2.75) is 32.2 Å². The van der Waals surface area contributed by atoms with Crippen molar-refractivity contribution in [1.82, 2.24) is 19.8 Å². The molecule has 0 aliphatic carbocycles. The SMILES string of the molecule is CC(C)CN1C(=O)N(CCO)C(=O)C12CCN(c1nccc(N)n1)CC2. The van der Waals surface area contributed by atoms with Gasteiger partial charge >= 0.3 is 6.03 Å². The van der Waals surface area contributed by atoms with Crippen molar-refractivity contribution in [1.29, 1.82) is 0 Å². The van der Waals surface area contributed by atoms with E-state index in [0.717, 1.165) is 0 Å². The molecule has 0 aromatic carbocycles. The Labute approximate surface area is 152 Å². The van der Waals surface area contributed by atoms with Gasteiger partial charge in [-0.25, -0.2) is 9.78 Å². The molecule has 0 radical (unpaired) electrons. The number of hydrogen-bond acceptors (Lipinski definition) is 7. The summed E-state index contributed by atoms with van der Waals surface area (Å²) in [5, 5.41) is 9.23. The monoisotopic (exact) mass is 362 g/mol. The minimum absolute atomic E-state index is 0.0378. The quantitative estimate of drug-likeness (QED) is 0.724. The van der Waals surface area contributed by atoms with Gasteiger partial charge in [0.15, 0.2) is 0 Å². The molecule has 1 aromatic heterocycles. The zero-order chi connectivity index (χ0) is 18.9. The summed E-state index contributed by atoms with van der Waals surface area (Å²) in [6.07, 6.45) is 2.62. The van der Waals surface area contributed by atoms with Crippen LogP contribution in [0.1, 0.15) is 26.7 Å². The summed E-state index contributed by atoms with van der Waals surface area (Å²) in [7, 11) is 0. The molecule has 9 nitrogen and oxygen atoms in total. The smallest absolute Gasteiger partial charge is 0.327 e. The number of hydrogen-bond donors (Lipinski definition) is 2. The molecule has 142 valence electrons. The van der Waals surface area contributed by atoms with E-state index in [-0.39, 0.29) is 31.0 Å². The third-order valence-corrected chi connectivity index (χ3v) is 5.03. The largest absolute Gasteiger partial charge is 0.395 e. The van der Waals surface area contributed by atoms with Crippen LogP contribution in [0.25, 0.3) is 0 Å². The molecule has 26 heavy (non-hydrogen) atoms. The van der Waals surface area contributed by atoms with Crippen molar-refractivity contribution in [3.63, 3.8) is 0 Å². The molecule has 0 unspecified atom stereocenters. The van der Waals surface area contributed by atoms with Crippen LogP contribution in [0.2, 0.25) is 0 Å². The predicted octanol–water partition coefficient (Wildman–Crippen LogP) is 0.310. The van der Waals surface area contributed by atoms with Gasteiger partial charge in [0.2, 0.25) is 5.95 Å². The summed E-state index contributed by atoms with van der Waals surface area (Å²) in [6.45, 7) is 5.49. The minimum atomic E-state index is -0.840. The van der Waals surface area contributed by atoms with E-state index in [1.54, 1.807) is 17.2 Å². The number of amides is 3. The van der Waals surface area contributed by atoms with Crippen molar-refractivity contribution >= 4 is 23.7 Å². The van der Waals surface area contributed by atoms with Crippen molar-refractivity contribution in [2.24, 2.45) is 5.92 Å². The first kappa shape index (κ1) is 18.4. The van der Waals surface area contributed by atoms with Crippen molar-refractivity contribution in [3.05, 3.63) is 12.3 Å². The van der Waals surface area contributed by atoms with Gasteiger partial charge in [-0.05, 0) is 24.8 Å². The second-order valence-electron chi connectivity index (χ2n) is 7.27. The molecule has 1 aromatic rings. The van der Waals surface area contributed by atoms with Crippen LogP contribution in [0.4, 0.5) is 16.6 Å². The predicted molar refractivity (Wildman–Crippen MR) is 96.4 cm³/mol. The number of imide groups is 1. The average Bonchev–Trinajstić information content (AvgIpc) is 2.79. The van der Waals surface area contributed by atoms with E-state index in [9.17, 15) is 14.7 Å². The number of carbonyl (C=O) groups is 2. The van der Waals surface area contributed by atoms with Gasteiger partial charge in [0.25, 0.3) is 5.91 Å². The molecule has 2 aliphatic heterocycles. The number of anilines is 2. The van der Waals surface area contributed by atoms with E-state index in [1.165, 1.54) is 4.90 Å². The lowest BCUT2D eigenvalue weighted by Gasteiger charge is -2.42. The molecule has 0 atom stereocenters. The van der Waals surface area contributed by atoms with Gasteiger partial charge in [0.05, 0.1) is 13.2 Å². The molecule has 2 aliphatic rings. The number of β-amino-alcohol motifs (C(OH)–C–C–N with tert-alkyl or cyclic N) is 1. The van der Waals surface area contributed by atoms with Crippen LogP contribution in [0.15, 0.2) is 12.3 Å². The fourth-order valence-corrected chi connectivity index (χ4v) is 3.77. The maximum Gasteiger partial charge on any atom is 0.327 e. The lowest BCUT2D eigenvalue weighted by atomic mass is 9.85. The Morgan fingerprint density at radius 3 is 2.58 bits per heavy atom. The molecule has 3 amide bonds. The van der Waals surface area contributed by atoms with E-state index in [0.29, 0.717) is 44.2 Å². The molecule has 0 saturated carbocycles. The normalized spacial score (nSPS) is 19.9. The maximum atomic E-state index is 13.1. The first-order chi connectivity index (χ1) is 12.4. The van der Waals surface area contributed by atoms with Gasteiger partial charge in [-0.3, -0.25) is 9.69 Å². The molecule has 2 fully saturated rings.